The Hall–Kier alpha value is -2.17. The molecule has 0 spiro atoms. The van der Waals surface area contributed by atoms with Crippen molar-refractivity contribution >= 4 is 17.5 Å². The predicted octanol–water partition coefficient (Wildman–Crippen LogP) is 2.22. The van der Waals surface area contributed by atoms with E-state index >= 15 is 0 Å². The van der Waals surface area contributed by atoms with E-state index in [0.717, 1.165) is 6.42 Å². The molecule has 2 rings (SSSR count). The summed E-state index contributed by atoms with van der Waals surface area (Å²) < 4.78 is 12.9. The average molecular weight is 276 g/mol. The van der Waals surface area contributed by atoms with Gasteiger partial charge in [0.15, 0.2) is 0 Å². The van der Waals surface area contributed by atoms with Crippen LogP contribution >= 0.6 is 0 Å². The van der Waals surface area contributed by atoms with Crippen LogP contribution in [0, 0.1) is 11.7 Å². The van der Waals surface area contributed by atoms with Crippen LogP contribution in [0.4, 0.5) is 10.1 Å². The second-order valence-electron chi connectivity index (χ2n) is 4.93. The average Bonchev–Trinajstić information content (AvgIpc) is 2.39. The van der Waals surface area contributed by atoms with Crippen molar-refractivity contribution in [1.29, 1.82) is 0 Å². The van der Waals surface area contributed by atoms with Crippen molar-refractivity contribution in [2.75, 3.05) is 11.4 Å². The normalized spacial score (nSPS) is 18.8. The van der Waals surface area contributed by atoms with Crippen LogP contribution in [-0.4, -0.2) is 18.4 Å². The van der Waals surface area contributed by atoms with E-state index < -0.39 is 5.92 Å². The largest absolute Gasteiger partial charge is 0.330 e. The lowest BCUT2D eigenvalue weighted by Crippen LogP contribution is -2.47. The number of piperidine rings is 1. The van der Waals surface area contributed by atoms with E-state index in [9.17, 15) is 14.0 Å². The highest BCUT2D eigenvalue weighted by atomic mass is 19.1. The van der Waals surface area contributed by atoms with Crippen LogP contribution in [0.2, 0.25) is 0 Å². The minimum Gasteiger partial charge on any atom is -0.330 e. The van der Waals surface area contributed by atoms with Crippen LogP contribution in [0.25, 0.3) is 0 Å². The lowest BCUT2D eigenvalue weighted by atomic mass is 9.95. The van der Waals surface area contributed by atoms with Crippen LogP contribution in [0.5, 0.6) is 0 Å². The fourth-order valence-corrected chi connectivity index (χ4v) is 2.29. The predicted molar refractivity (Wildman–Crippen MR) is 74.4 cm³/mol. The summed E-state index contributed by atoms with van der Waals surface area (Å²) in [5.74, 6) is -1.63. The summed E-state index contributed by atoms with van der Waals surface area (Å²) >= 11 is 0. The highest BCUT2D eigenvalue weighted by Gasteiger charge is 2.34. The van der Waals surface area contributed by atoms with Gasteiger partial charge in [0.2, 0.25) is 11.8 Å². The molecule has 1 aliphatic rings. The van der Waals surface area contributed by atoms with Crippen molar-refractivity contribution in [2.24, 2.45) is 5.92 Å². The zero-order valence-corrected chi connectivity index (χ0v) is 11.4. The molecule has 5 heteroatoms. The van der Waals surface area contributed by atoms with Crippen molar-refractivity contribution < 1.29 is 14.0 Å². The topological polar surface area (TPSA) is 49.4 Å². The molecule has 2 amide bonds. The molecule has 106 valence electrons. The fourth-order valence-electron chi connectivity index (χ4n) is 2.29. The number of amides is 2. The Bertz CT molecular complexity index is 539. The Labute approximate surface area is 117 Å². The van der Waals surface area contributed by atoms with Gasteiger partial charge in [-0.2, -0.15) is 0 Å². The third-order valence-corrected chi connectivity index (χ3v) is 3.23. The molecule has 1 aromatic carbocycles. The number of benzene rings is 1. The van der Waals surface area contributed by atoms with Gasteiger partial charge in [-0.15, -0.1) is 0 Å². The SMILES string of the molecule is C=C(C)NC(=O)C1CCCN(c2ccc(F)cc2)C1=O. The van der Waals surface area contributed by atoms with Crippen molar-refractivity contribution in [2.45, 2.75) is 19.8 Å². The molecule has 1 aliphatic heterocycles. The van der Waals surface area contributed by atoms with Gasteiger partial charge >= 0.3 is 0 Å². The highest BCUT2D eigenvalue weighted by Crippen LogP contribution is 2.25. The maximum absolute atomic E-state index is 12.9. The van der Waals surface area contributed by atoms with Crippen LogP contribution in [0.15, 0.2) is 36.5 Å². The second kappa shape index (κ2) is 5.86. The van der Waals surface area contributed by atoms with Crippen molar-refractivity contribution in [3.8, 4) is 0 Å². The van der Waals surface area contributed by atoms with Crippen molar-refractivity contribution in [3.05, 3.63) is 42.4 Å². The first kappa shape index (κ1) is 14.2. The van der Waals surface area contributed by atoms with E-state index in [-0.39, 0.29) is 17.6 Å². The molecule has 1 heterocycles. The summed E-state index contributed by atoms with van der Waals surface area (Å²) in [6.45, 7) is 5.82. The lowest BCUT2D eigenvalue weighted by molar-refractivity contribution is -0.134. The summed E-state index contributed by atoms with van der Waals surface area (Å²) in [4.78, 5) is 25.9. The smallest absolute Gasteiger partial charge is 0.239 e. The number of carbonyl (C=O) groups is 2. The molecule has 0 bridgehead atoms. The number of rotatable bonds is 3. The monoisotopic (exact) mass is 276 g/mol. The molecule has 1 atom stereocenters. The fraction of sp³-hybridized carbons (Fsp3) is 0.333. The molecule has 20 heavy (non-hydrogen) atoms. The van der Waals surface area contributed by atoms with Gasteiger partial charge in [-0.25, -0.2) is 4.39 Å². The number of hydrogen-bond acceptors (Lipinski definition) is 2. The third-order valence-electron chi connectivity index (χ3n) is 3.23. The molecule has 1 unspecified atom stereocenters. The first-order valence-electron chi connectivity index (χ1n) is 6.52. The number of anilines is 1. The molecule has 1 saturated heterocycles. The van der Waals surface area contributed by atoms with Gasteiger partial charge in [0.05, 0.1) is 0 Å². The minimum atomic E-state index is -0.703. The minimum absolute atomic E-state index is 0.249. The van der Waals surface area contributed by atoms with Gasteiger partial charge < -0.3 is 10.2 Å². The first-order chi connectivity index (χ1) is 9.49. The molecule has 0 aromatic heterocycles. The van der Waals surface area contributed by atoms with Crippen LogP contribution in [-0.2, 0) is 9.59 Å². The van der Waals surface area contributed by atoms with E-state index in [1.807, 2.05) is 0 Å². The zero-order valence-electron chi connectivity index (χ0n) is 11.4. The number of hydrogen-bond donors (Lipinski definition) is 1. The number of nitrogens with zero attached hydrogens (tertiary/aromatic N) is 1. The summed E-state index contributed by atoms with van der Waals surface area (Å²) in [6.07, 6.45) is 1.26. The van der Waals surface area contributed by atoms with Gasteiger partial charge in [0.25, 0.3) is 0 Å². The maximum atomic E-state index is 12.9. The standard InChI is InChI=1S/C15H17FN2O2/c1-10(2)17-14(19)13-4-3-9-18(15(13)20)12-7-5-11(16)6-8-12/h5-8,13H,1,3-4,9H2,2H3,(H,17,19). The number of nitrogens with one attached hydrogen (secondary N) is 1. The summed E-state index contributed by atoms with van der Waals surface area (Å²) in [7, 11) is 0. The molecule has 0 radical (unpaired) electrons. The number of halogens is 1. The quantitative estimate of drug-likeness (QED) is 0.861. The lowest BCUT2D eigenvalue weighted by Gasteiger charge is -2.31. The molecule has 0 aliphatic carbocycles. The molecular formula is C15H17FN2O2. The van der Waals surface area contributed by atoms with Crippen molar-refractivity contribution in [3.63, 3.8) is 0 Å². The molecule has 1 aromatic rings. The zero-order chi connectivity index (χ0) is 14.7. The first-order valence-corrected chi connectivity index (χ1v) is 6.52. The Kier molecular flexibility index (Phi) is 4.17. The van der Waals surface area contributed by atoms with Crippen LogP contribution in [0.3, 0.4) is 0 Å². The molecule has 0 saturated carbocycles. The van der Waals surface area contributed by atoms with Crippen LogP contribution < -0.4 is 10.2 Å². The van der Waals surface area contributed by atoms with E-state index in [2.05, 4.69) is 11.9 Å². The third kappa shape index (κ3) is 3.04. The molecular weight excluding hydrogens is 259 g/mol. The molecule has 4 nitrogen and oxygen atoms in total. The second-order valence-corrected chi connectivity index (χ2v) is 4.93. The Morgan fingerprint density at radius 3 is 2.65 bits per heavy atom. The van der Waals surface area contributed by atoms with Crippen LogP contribution in [0.1, 0.15) is 19.8 Å². The van der Waals surface area contributed by atoms with E-state index in [0.29, 0.717) is 24.4 Å². The van der Waals surface area contributed by atoms with Gasteiger partial charge in [-0.3, -0.25) is 9.59 Å². The van der Waals surface area contributed by atoms with Gasteiger partial charge in [-0.05, 0) is 44.0 Å². The Morgan fingerprint density at radius 1 is 1.40 bits per heavy atom. The highest BCUT2D eigenvalue weighted by molar-refractivity contribution is 6.08. The number of allylic oxidation sites excluding steroid dienone is 1. The molecule has 1 N–H and O–H groups in total. The van der Waals surface area contributed by atoms with E-state index in [4.69, 9.17) is 0 Å². The van der Waals surface area contributed by atoms with Crippen molar-refractivity contribution in [1.82, 2.24) is 5.32 Å². The van der Waals surface area contributed by atoms with E-state index in [1.165, 1.54) is 17.0 Å². The maximum Gasteiger partial charge on any atom is 0.239 e. The van der Waals surface area contributed by atoms with E-state index in [1.54, 1.807) is 19.1 Å². The Morgan fingerprint density at radius 2 is 2.05 bits per heavy atom. The summed E-state index contributed by atoms with van der Waals surface area (Å²) in [5, 5.41) is 2.58. The summed E-state index contributed by atoms with van der Waals surface area (Å²) in [5.41, 5.74) is 1.13. The van der Waals surface area contributed by atoms with Gasteiger partial charge in [-0.1, -0.05) is 6.58 Å². The van der Waals surface area contributed by atoms with Gasteiger partial charge in [0.1, 0.15) is 11.7 Å². The molecule has 1 fully saturated rings. The Balaban J connectivity index is 2.16. The van der Waals surface area contributed by atoms with Gasteiger partial charge in [0, 0.05) is 17.9 Å². The summed E-state index contributed by atoms with van der Waals surface area (Å²) in [6, 6.07) is 5.71. The number of carbonyl (C=O) groups excluding carboxylic acids is 2.